The topological polar surface area (TPSA) is 118 Å². The van der Waals surface area contributed by atoms with E-state index < -0.39 is 10.9 Å². The Morgan fingerprint density at radius 3 is 2.45 bits per heavy atom. The van der Waals surface area contributed by atoms with Gasteiger partial charge in [0.1, 0.15) is 28.6 Å². The van der Waals surface area contributed by atoms with Gasteiger partial charge in [0, 0.05) is 5.41 Å². The van der Waals surface area contributed by atoms with Gasteiger partial charge in [-0.15, -0.1) is 0 Å². The van der Waals surface area contributed by atoms with E-state index in [9.17, 15) is 19.5 Å². The molecule has 0 aliphatic carbocycles. The summed E-state index contributed by atoms with van der Waals surface area (Å²) in [6.07, 6.45) is 0.508. The predicted molar refractivity (Wildman–Crippen MR) is 107 cm³/mol. The summed E-state index contributed by atoms with van der Waals surface area (Å²) in [5.74, 6) is 1.08. The third kappa shape index (κ3) is 3.11. The van der Waals surface area contributed by atoms with Gasteiger partial charge < -0.3 is 24.9 Å². The lowest BCUT2D eigenvalue weighted by Crippen LogP contribution is -2.49. The van der Waals surface area contributed by atoms with E-state index in [2.05, 4.69) is 10.6 Å². The molecule has 1 fully saturated rings. The van der Waals surface area contributed by atoms with Crippen molar-refractivity contribution >= 4 is 23.3 Å². The zero-order valence-corrected chi connectivity index (χ0v) is 15.9. The van der Waals surface area contributed by atoms with Gasteiger partial charge in [0.25, 0.3) is 10.9 Å². The summed E-state index contributed by atoms with van der Waals surface area (Å²) in [5, 5.41) is 16.1. The Hall–Kier alpha value is -3.39. The van der Waals surface area contributed by atoms with Crippen molar-refractivity contribution in [1.29, 1.82) is 0 Å². The van der Waals surface area contributed by atoms with Crippen molar-refractivity contribution in [2.75, 3.05) is 23.8 Å². The average molecular weight is 396 g/mol. The lowest BCUT2D eigenvalue weighted by Gasteiger charge is -2.44. The van der Waals surface area contributed by atoms with E-state index in [4.69, 9.17) is 9.15 Å². The number of aldehydes is 1. The van der Waals surface area contributed by atoms with Crippen molar-refractivity contribution in [3.8, 4) is 5.75 Å². The summed E-state index contributed by atoms with van der Waals surface area (Å²) >= 11 is 0. The molecule has 3 aromatic rings. The maximum Gasteiger partial charge on any atom is 0.253 e. The first-order valence-electron chi connectivity index (χ1n) is 9.12. The van der Waals surface area contributed by atoms with Crippen molar-refractivity contribution in [3.63, 3.8) is 0 Å². The minimum Gasteiger partial charge on any atom is -0.505 e. The number of aryl methyl sites for hydroxylation is 1. The number of phenols is 1. The number of carbonyl (C=O) groups is 1. The van der Waals surface area contributed by atoms with E-state index in [0.717, 1.165) is 5.76 Å². The molecule has 0 saturated carbocycles. The molecule has 4 rings (SSSR count). The van der Waals surface area contributed by atoms with Crippen LogP contribution in [0.15, 0.2) is 44.3 Å². The second-order valence-electron chi connectivity index (χ2n) is 7.57. The first-order chi connectivity index (χ1) is 13.8. The number of aromatic hydroxyl groups is 1. The van der Waals surface area contributed by atoms with E-state index >= 15 is 0 Å². The van der Waals surface area contributed by atoms with Crippen LogP contribution in [-0.2, 0) is 4.74 Å². The minimum atomic E-state index is -0.701. The van der Waals surface area contributed by atoms with Gasteiger partial charge in [-0.1, -0.05) is 13.0 Å². The van der Waals surface area contributed by atoms with Crippen LogP contribution in [-0.4, -0.2) is 24.6 Å². The summed E-state index contributed by atoms with van der Waals surface area (Å²) in [5.41, 5.74) is -1.30. The molecule has 1 saturated heterocycles. The largest absolute Gasteiger partial charge is 0.505 e. The molecule has 1 aliphatic rings. The number of ether oxygens (including phenoxy) is 1. The van der Waals surface area contributed by atoms with E-state index in [1.165, 1.54) is 12.1 Å². The molecule has 1 aromatic heterocycles. The highest BCUT2D eigenvalue weighted by atomic mass is 16.5. The summed E-state index contributed by atoms with van der Waals surface area (Å²) in [6.45, 7) is 4.78. The Labute approximate surface area is 165 Å². The molecule has 8 nitrogen and oxygen atoms in total. The van der Waals surface area contributed by atoms with Crippen LogP contribution in [0.25, 0.3) is 0 Å². The SMILES string of the molecule is Cc1ccc(C(Nc2c(Nc3cccc(C=O)c3O)c(=O)c2=O)C2(C)COC2)o1. The van der Waals surface area contributed by atoms with Crippen molar-refractivity contribution in [2.45, 2.75) is 19.9 Å². The van der Waals surface area contributed by atoms with Crippen molar-refractivity contribution < 1.29 is 19.1 Å². The molecule has 0 amide bonds. The maximum absolute atomic E-state index is 12.3. The number of para-hydroxylation sites is 1. The number of hydrogen-bond donors (Lipinski definition) is 3. The highest BCUT2D eigenvalue weighted by Gasteiger charge is 2.45. The Morgan fingerprint density at radius 2 is 1.86 bits per heavy atom. The molecule has 1 unspecified atom stereocenters. The molecule has 2 heterocycles. The zero-order valence-electron chi connectivity index (χ0n) is 15.9. The van der Waals surface area contributed by atoms with E-state index in [1.807, 2.05) is 26.0 Å². The highest BCUT2D eigenvalue weighted by Crippen LogP contribution is 2.43. The second-order valence-corrected chi connectivity index (χ2v) is 7.57. The third-order valence-corrected chi connectivity index (χ3v) is 5.26. The molecular weight excluding hydrogens is 376 g/mol. The van der Waals surface area contributed by atoms with Crippen LogP contribution in [0.4, 0.5) is 17.1 Å². The number of benzene rings is 1. The number of phenolic OH excluding ortho intramolecular Hbond substituents is 1. The fourth-order valence-corrected chi connectivity index (χ4v) is 3.47. The lowest BCUT2D eigenvalue weighted by molar-refractivity contribution is -0.115. The van der Waals surface area contributed by atoms with Crippen LogP contribution in [0, 0.1) is 12.3 Å². The normalized spacial score (nSPS) is 16.2. The molecule has 1 atom stereocenters. The molecule has 3 N–H and O–H groups in total. The molecule has 2 aromatic carbocycles. The first kappa shape index (κ1) is 18.9. The smallest absolute Gasteiger partial charge is 0.253 e. The second kappa shape index (κ2) is 6.89. The quantitative estimate of drug-likeness (QED) is 0.317. The van der Waals surface area contributed by atoms with Crippen molar-refractivity contribution in [1.82, 2.24) is 0 Å². The van der Waals surface area contributed by atoms with Gasteiger partial charge in [0.05, 0.1) is 30.5 Å². The Balaban J connectivity index is 1.68. The van der Waals surface area contributed by atoms with E-state index in [0.29, 0.717) is 25.3 Å². The number of rotatable bonds is 7. The Kier molecular flexibility index (Phi) is 4.50. The van der Waals surface area contributed by atoms with Gasteiger partial charge in [-0.25, -0.2) is 0 Å². The minimum absolute atomic E-state index is 0.0328. The van der Waals surface area contributed by atoms with Crippen LogP contribution in [0.5, 0.6) is 5.75 Å². The van der Waals surface area contributed by atoms with Crippen LogP contribution in [0.1, 0.15) is 34.8 Å². The highest BCUT2D eigenvalue weighted by molar-refractivity contribution is 5.87. The number of nitrogens with one attached hydrogen (secondary N) is 2. The third-order valence-electron chi connectivity index (χ3n) is 5.26. The molecule has 150 valence electrons. The van der Waals surface area contributed by atoms with Crippen LogP contribution >= 0.6 is 0 Å². The standard InChI is InChI=1S/C21H20N2O6/c1-11-6-7-14(29-11)20(21(2)9-28-10-21)23-16-15(18(26)19(16)27)22-13-5-3-4-12(8-24)17(13)25/h3-8,20,22-23,25H,9-10H2,1-2H3. The fraction of sp³-hybridized carbons (Fsp3) is 0.286. The van der Waals surface area contributed by atoms with Gasteiger partial charge >= 0.3 is 0 Å². The number of anilines is 3. The van der Waals surface area contributed by atoms with Gasteiger partial charge in [-0.05, 0) is 31.2 Å². The summed E-state index contributed by atoms with van der Waals surface area (Å²) in [7, 11) is 0. The monoisotopic (exact) mass is 396 g/mol. The summed E-state index contributed by atoms with van der Waals surface area (Å²) in [6, 6.07) is 7.79. The Morgan fingerprint density at radius 1 is 1.14 bits per heavy atom. The molecule has 1 aliphatic heterocycles. The number of hydrogen-bond acceptors (Lipinski definition) is 8. The molecule has 0 radical (unpaired) electrons. The van der Waals surface area contributed by atoms with Gasteiger partial charge in [0.15, 0.2) is 6.29 Å². The van der Waals surface area contributed by atoms with Gasteiger partial charge in [0.2, 0.25) is 0 Å². The molecule has 8 heteroatoms. The number of carbonyl (C=O) groups excluding carboxylic acids is 1. The zero-order chi connectivity index (χ0) is 20.8. The van der Waals surface area contributed by atoms with Crippen LogP contribution in [0.2, 0.25) is 0 Å². The molecular formula is C21H20N2O6. The van der Waals surface area contributed by atoms with E-state index in [-0.39, 0.29) is 39.8 Å². The molecule has 29 heavy (non-hydrogen) atoms. The van der Waals surface area contributed by atoms with Crippen molar-refractivity contribution in [2.24, 2.45) is 5.41 Å². The lowest BCUT2D eigenvalue weighted by atomic mass is 9.79. The van der Waals surface area contributed by atoms with Gasteiger partial charge in [-0.3, -0.25) is 14.4 Å². The van der Waals surface area contributed by atoms with Gasteiger partial charge in [-0.2, -0.15) is 0 Å². The number of furan rings is 1. The first-order valence-corrected chi connectivity index (χ1v) is 9.12. The molecule has 0 spiro atoms. The predicted octanol–water partition coefficient (Wildman–Crippen LogP) is 2.64. The van der Waals surface area contributed by atoms with Crippen LogP contribution in [0.3, 0.4) is 0 Å². The van der Waals surface area contributed by atoms with Crippen LogP contribution < -0.4 is 21.5 Å². The van der Waals surface area contributed by atoms with Crippen molar-refractivity contribution in [3.05, 3.63) is 67.9 Å². The Bertz CT molecular complexity index is 1150. The maximum atomic E-state index is 12.3. The molecule has 0 bridgehead atoms. The van der Waals surface area contributed by atoms with E-state index in [1.54, 1.807) is 6.07 Å². The average Bonchev–Trinajstić information content (AvgIpc) is 3.12. The fourth-order valence-electron chi connectivity index (χ4n) is 3.47. The summed E-state index contributed by atoms with van der Waals surface area (Å²) in [4.78, 5) is 35.5. The summed E-state index contributed by atoms with van der Waals surface area (Å²) < 4.78 is 11.1.